The summed E-state index contributed by atoms with van der Waals surface area (Å²) < 4.78 is 0. The topological polar surface area (TPSA) is 95.7 Å². The van der Waals surface area contributed by atoms with E-state index >= 15 is 0 Å². The maximum Gasteiger partial charge on any atom is 0.249 e. The number of carbonyl (C=O) groups excluding carboxylic acids is 2. The van der Waals surface area contributed by atoms with Crippen LogP contribution in [0.15, 0.2) is 53.6 Å². The third kappa shape index (κ3) is 7.77. The molecule has 35 heavy (non-hydrogen) atoms. The highest BCUT2D eigenvalue weighted by atomic mass is 16.3. The first-order valence-corrected chi connectivity index (χ1v) is 13.1. The second-order valence-corrected chi connectivity index (χ2v) is 10.4. The fraction of sp³-hybridized carbons (Fsp3) is 0.586. The number of carbonyl (C=O) groups is 2. The molecule has 1 unspecified atom stereocenters. The lowest BCUT2D eigenvalue weighted by molar-refractivity contribution is -0.132. The second-order valence-electron chi connectivity index (χ2n) is 10.4. The molecule has 194 valence electrons. The van der Waals surface area contributed by atoms with Gasteiger partial charge < -0.3 is 21.1 Å². The van der Waals surface area contributed by atoms with Gasteiger partial charge in [-0.05, 0) is 44.1 Å². The first-order chi connectivity index (χ1) is 16.6. The van der Waals surface area contributed by atoms with Crippen LogP contribution in [0.5, 0.6) is 0 Å². The highest BCUT2D eigenvalue weighted by Gasteiger charge is 2.48. The Bertz CT molecular complexity index is 888. The first-order valence-electron chi connectivity index (χ1n) is 13.1. The zero-order chi connectivity index (χ0) is 26.0. The average molecular weight is 484 g/mol. The maximum absolute atomic E-state index is 13.5. The molecule has 0 heterocycles. The standard InChI is InChI=1S/C29H45N3O3/c1-6-13-32(14-7-2)27(34)24-16-22(5)17-29(18-24,28(30)35)25(15-21(3)4)26(33)20-31-19-23-11-9-8-10-12-23/h8-12,16-17,21,25-26,31,33H,6-7,13-15,18-20H2,1-5H3,(H2,30,35)/t25-,26+,29?/m1/s1. The highest BCUT2D eigenvalue weighted by molar-refractivity contribution is 5.96. The number of nitrogens with zero attached hydrogens (tertiary/aromatic N) is 1. The van der Waals surface area contributed by atoms with Gasteiger partial charge in [-0.1, -0.05) is 75.8 Å². The lowest BCUT2D eigenvalue weighted by Gasteiger charge is -2.42. The van der Waals surface area contributed by atoms with Gasteiger partial charge in [0.25, 0.3) is 0 Å². The Labute approximate surface area is 211 Å². The fourth-order valence-electron chi connectivity index (χ4n) is 5.24. The number of aliphatic hydroxyl groups excluding tert-OH is 1. The Hall–Kier alpha value is -2.44. The Kier molecular flexibility index (Phi) is 11.2. The van der Waals surface area contributed by atoms with Crippen molar-refractivity contribution in [3.05, 3.63) is 59.2 Å². The molecule has 0 bridgehead atoms. The summed E-state index contributed by atoms with van der Waals surface area (Å²) in [7, 11) is 0. The van der Waals surface area contributed by atoms with Gasteiger partial charge in [0.05, 0.1) is 11.5 Å². The molecular weight excluding hydrogens is 438 g/mol. The smallest absolute Gasteiger partial charge is 0.249 e. The van der Waals surface area contributed by atoms with Gasteiger partial charge >= 0.3 is 0 Å². The molecule has 0 radical (unpaired) electrons. The van der Waals surface area contributed by atoms with Crippen molar-refractivity contribution >= 4 is 11.8 Å². The predicted molar refractivity (Wildman–Crippen MR) is 142 cm³/mol. The van der Waals surface area contributed by atoms with E-state index in [2.05, 4.69) is 33.0 Å². The number of hydrogen-bond acceptors (Lipinski definition) is 4. The van der Waals surface area contributed by atoms with Crippen LogP contribution in [0.3, 0.4) is 0 Å². The number of primary amides is 1. The number of nitrogens with one attached hydrogen (secondary N) is 1. The molecule has 2 rings (SSSR count). The number of nitrogens with two attached hydrogens (primary N) is 1. The molecule has 1 aliphatic rings. The Balaban J connectivity index is 2.33. The summed E-state index contributed by atoms with van der Waals surface area (Å²) in [6, 6.07) is 10.0. The van der Waals surface area contributed by atoms with Crippen LogP contribution < -0.4 is 11.1 Å². The summed E-state index contributed by atoms with van der Waals surface area (Å²) in [6.45, 7) is 12.5. The average Bonchev–Trinajstić information content (AvgIpc) is 2.81. The Morgan fingerprint density at radius 2 is 1.77 bits per heavy atom. The van der Waals surface area contributed by atoms with Crippen LogP contribution in [0.4, 0.5) is 0 Å². The summed E-state index contributed by atoms with van der Waals surface area (Å²) in [4.78, 5) is 28.5. The minimum absolute atomic E-state index is 0.0354. The van der Waals surface area contributed by atoms with Gasteiger partial charge in [0.1, 0.15) is 0 Å². The molecule has 0 aliphatic heterocycles. The molecule has 0 fully saturated rings. The predicted octanol–water partition coefficient (Wildman–Crippen LogP) is 4.20. The molecule has 0 aromatic heterocycles. The molecule has 0 spiro atoms. The molecule has 6 nitrogen and oxygen atoms in total. The molecule has 0 saturated carbocycles. The van der Waals surface area contributed by atoms with E-state index in [4.69, 9.17) is 5.73 Å². The Morgan fingerprint density at radius 3 is 2.31 bits per heavy atom. The molecular formula is C29H45N3O3. The molecule has 1 aliphatic carbocycles. The molecule has 0 saturated heterocycles. The third-order valence-corrected chi connectivity index (χ3v) is 6.75. The van der Waals surface area contributed by atoms with Crippen molar-refractivity contribution in [2.75, 3.05) is 19.6 Å². The van der Waals surface area contributed by atoms with E-state index < -0.39 is 23.3 Å². The largest absolute Gasteiger partial charge is 0.391 e. The van der Waals surface area contributed by atoms with Crippen molar-refractivity contribution in [3.8, 4) is 0 Å². The van der Waals surface area contributed by atoms with E-state index in [-0.39, 0.29) is 18.2 Å². The lowest BCUT2D eigenvalue weighted by atomic mass is 9.63. The van der Waals surface area contributed by atoms with Crippen molar-refractivity contribution in [2.45, 2.75) is 73.0 Å². The molecule has 1 aromatic carbocycles. The van der Waals surface area contributed by atoms with Crippen molar-refractivity contribution in [2.24, 2.45) is 23.0 Å². The Morgan fingerprint density at radius 1 is 1.14 bits per heavy atom. The quantitative estimate of drug-likeness (QED) is 0.370. The van der Waals surface area contributed by atoms with Crippen LogP contribution in [0.2, 0.25) is 0 Å². The van der Waals surface area contributed by atoms with Gasteiger partial charge in [-0.15, -0.1) is 0 Å². The van der Waals surface area contributed by atoms with Gasteiger partial charge in [0, 0.05) is 37.7 Å². The number of amides is 2. The second kappa shape index (κ2) is 13.6. The zero-order valence-corrected chi connectivity index (χ0v) is 22.2. The van der Waals surface area contributed by atoms with Gasteiger partial charge in [-0.3, -0.25) is 9.59 Å². The van der Waals surface area contributed by atoms with E-state index in [1.807, 2.05) is 54.3 Å². The highest BCUT2D eigenvalue weighted by Crippen LogP contribution is 2.45. The summed E-state index contributed by atoms with van der Waals surface area (Å²) in [5.74, 6) is -0.691. The zero-order valence-electron chi connectivity index (χ0n) is 22.2. The molecule has 4 N–H and O–H groups in total. The van der Waals surface area contributed by atoms with Crippen molar-refractivity contribution in [3.63, 3.8) is 0 Å². The van der Waals surface area contributed by atoms with Gasteiger partial charge in [0.15, 0.2) is 0 Å². The van der Waals surface area contributed by atoms with E-state index in [0.717, 1.165) is 24.0 Å². The van der Waals surface area contributed by atoms with Crippen molar-refractivity contribution < 1.29 is 14.7 Å². The number of aliphatic hydroxyl groups is 1. The van der Waals surface area contributed by atoms with Crippen molar-refractivity contribution in [1.29, 1.82) is 0 Å². The van der Waals surface area contributed by atoms with E-state index in [9.17, 15) is 14.7 Å². The summed E-state index contributed by atoms with van der Waals surface area (Å²) >= 11 is 0. The molecule has 6 heteroatoms. The van der Waals surface area contributed by atoms with Gasteiger partial charge in [-0.25, -0.2) is 0 Å². The number of hydrogen-bond donors (Lipinski definition) is 3. The molecule has 2 amide bonds. The van der Waals surface area contributed by atoms with Crippen molar-refractivity contribution in [1.82, 2.24) is 10.2 Å². The number of benzene rings is 1. The maximum atomic E-state index is 13.5. The summed E-state index contributed by atoms with van der Waals surface area (Å²) in [6.07, 6.45) is 5.56. The van der Waals surface area contributed by atoms with Gasteiger partial charge in [-0.2, -0.15) is 0 Å². The number of allylic oxidation sites excluding steroid dienone is 2. The monoisotopic (exact) mass is 483 g/mol. The summed E-state index contributed by atoms with van der Waals surface area (Å²) in [5, 5.41) is 14.7. The van der Waals surface area contributed by atoms with Crippen LogP contribution >= 0.6 is 0 Å². The van der Waals surface area contributed by atoms with Crippen LogP contribution in [0, 0.1) is 17.3 Å². The van der Waals surface area contributed by atoms with Crippen LogP contribution in [-0.4, -0.2) is 47.6 Å². The SMILES string of the molecule is CCCN(CCC)C(=O)C1=CC(C)=CC(C(N)=O)([C@H](CC(C)C)[C@@H](O)CNCc2ccccc2)C1. The minimum atomic E-state index is -1.12. The normalized spacial score (nSPS) is 19.6. The molecule has 1 aromatic rings. The van der Waals surface area contributed by atoms with Crippen LogP contribution in [-0.2, 0) is 16.1 Å². The minimum Gasteiger partial charge on any atom is -0.391 e. The molecule has 3 atom stereocenters. The van der Waals surface area contributed by atoms with E-state index in [0.29, 0.717) is 38.2 Å². The van der Waals surface area contributed by atoms with E-state index in [1.165, 1.54) is 0 Å². The first kappa shape index (κ1) is 28.8. The van der Waals surface area contributed by atoms with E-state index in [1.54, 1.807) is 0 Å². The number of rotatable bonds is 14. The van der Waals surface area contributed by atoms with Crippen LogP contribution in [0.25, 0.3) is 0 Å². The van der Waals surface area contributed by atoms with Crippen LogP contribution in [0.1, 0.15) is 65.9 Å². The third-order valence-electron chi connectivity index (χ3n) is 6.75. The fourth-order valence-corrected chi connectivity index (χ4v) is 5.24. The summed E-state index contributed by atoms with van der Waals surface area (Å²) in [5.41, 5.74) is 7.53. The lowest BCUT2D eigenvalue weighted by Crippen LogP contribution is -2.51. The van der Waals surface area contributed by atoms with Gasteiger partial charge in [0.2, 0.25) is 11.8 Å².